The van der Waals surface area contributed by atoms with Gasteiger partial charge in [-0.25, -0.2) is 0 Å². The van der Waals surface area contributed by atoms with Gasteiger partial charge >= 0.3 is 0 Å². The van der Waals surface area contributed by atoms with Gasteiger partial charge in [-0.15, -0.1) is 0 Å². The number of methoxy groups -OCH3 is 2. The molecule has 0 unspecified atom stereocenters. The molecule has 0 bridgehead atoms. The molecule has 0 saturated carbocycles. The van der Waals surface area contributed by atoms with Gasteiger partial charge in [-0.05, 0) is 17.7 Å². The number of nitrogens with zero attached hydrogens (tertiary/aromatic N) is 1. The van der Waals surface area contributed by atoms with Gasteiger partial charge < -0.3 is 30.0 Å². The summed E-state index contributed by atoms with van der Waals surface area (Å²) in [6.07, 6.45) is -0.217. The molecule has 1 amide bonds. The molecule has 0 aliphatic carbocycles. The van der Waals surface area contributed by atoms with Crippen LogP contribution in [0.4, 0.5) is 0 Å². The molecule has 1 heterocycles. The van der Waals surface area contributed by atoms with Crippen molar-refractivity contribution in [3.63, 3.8) is 0 Å². The predicted octanol–water partition coefficient (Wildman–Crippen LogP) is 0.313. The van der Waals surface area contributed by atoms with E-state index in [0.29, 0.717) is 31.2 Å². The third-order valence-electron chi connectivity index (χ3n) is 3.96. The molecule has 1 aromatic rings. The summed E-state index contributed by atoms with van der Waals surface area (Å²) >= 11 is 0. The first kappa shape index (κ1) is 17.5. The van der Waals surface area contributed by atoms with Crippen LogP contribution in [-0.2, 0) is 9.53 Å². The number of nitrogens with two attached hydrogens (primary N) is 1. The Balaban J connectivity index is 2.38. The van der Waals surface area contributed by atoms with Crippen molar-refractivity contribution < 1.29 is 24.1 Å². The molecule has 2 rings (SSSR count). The fourth-order valence-corrected chi connectivity index (χ4v) is 2.86. The maximum Gasteiger partial charge on any atom is 0.224 e. The molecule has 0 radical (unpaired) electrons. The van der Waals surface area contributed by atoms with Crippen molar-refractivity contribution in [3.8, 4) is 11.5 Å². The van der Waals surface area contributed by atoms with Crippen LogP contribution in [0.3, 0.4) is 0 Å². The van der Waals surface area contributed by atoms with E-state index in [0.717, 1.165) is 5.56 Å². The van der Waals surface area contributed by atoms with Gasteiger partial charge in [-0.1, -0.05) is 6.07 Å². The van der Waals surface area contributed by atoms with E-state index in [9.17, 15) is 9.90 Å². The molecule has 1 fully saturated rings. The Morgan fingerprint density at radius 1 is 1.39 bits per heavy atom. The van der Waals surface area contributed by atoms with Crippen molar-refractivity contribution in [3.05, 3.63) is 23.8 Å². The van der Waals surface area contributed by atoms with Crippen molar-refractivity contribution in [1.29, 1.82) is 0 Å². The summed E-state index contributed by atoms with van der Waals surface area (Å²) < 4.78 is 16.2. The fraction of sp³-hybridized carbons (Fsp3) is 0.562. The zero-order valence-electron chi connectivity index (χ0n) is 13.5. The highest BCUT2D eigenvalue weighted by molar-refractivity contribution is 5.77. The quantitative estimate of drug-likeness (QED) is 0.782. The summed E-state index contributed by atoms with van der Waals surface area (Å²) in [5, 5.41) is 9.64. The van der Waals surface area contributed by atoms with E-state index < -0.39 is 6.10 Å². The van der Waals surface area contributed by atoms with E-state index in [1.165, 1.54) is 0 Å². The second-order valence-corrected chi connectivity index (χ2v) is 5.28. The maximum absolute atomic E-state index is 12.4. The number of benzene rings is 1. The Labute approximate surface area is 135 Å². The first-order chi connectivity index (χ1) is 11.2. The van der Waals surface area contributed by atoms with Crippen LogP contribution in [-0.4, -0.2) is 62.5 Å². The van der Waals surface area contributed by atoms with Crippen LogP contribution >= 0.6 is 0 Å². The molecule has 3 N–H and O–H groups in total. The Kier molecular flexibility index (Phi) is 6.20. The number of aliphatic hydroxyl groups excluding tert-OH is 1. The van der Waals surface area contributed by atoms with Gasteiger partial charge in [0.05, 0.1) is 33.5 Å². The molecule has 23 heavy (non-hydrogen) atoms. The van der Waals surface area contributed by atoms with E-state index in [1.54, 1.807) is 25.2 Å². The largest absolute Gasteiger partial charge is 0.493 e. The highest BCUT2D eigenvalue weighted by atomic mass is 16.5. The highest BCUT2D eigenvalue weighted by Crippen LogP contribution is 2.35. The average Bonchev–Trinajstić information content (AvgIpc) is 2.60. The fourth-order valence-electron chi connectivity index (χ4n) is 2.86. The summed E-state index contributed by atoms with van der Waals surface area (Å²) in [5.74, 6) is 1.13. The highest BCUT2D eigenvalue weighted by Gasteiger charge is 2.36. The van der Waals surface area contributed by atoms with Gasteiger partial charge in [0.15, 0.2) is 11.5 Å². The number of morpholine rings is 1. The Hall–Kier alpha value is -1.83. The zero-order chi connectivity index (χ0) is 16.8. The summed E-state index contributed by atoms with van der Waals surface area (Å²) in [7, 11) is 3.12. The Bertz CT molecular complexity index is 537. The first-order valence-corrected chi connectivity index (χ1v) is 7.60. The smallest absolute Gasteiger partial charge is 0.224 e. The van der Waals surface area contributed by atoms with E-state index in [-0.39, 0.29) is 25.0 Å². The number of amides is 1. The number of hydrogen-bond donors (Lipinski definition) is 2. The lowest BCUT2D eigenvalue weighted by atomic mass is 9.97. The number of hydrogen-bond acceptors (Lipinski definition) is 6. The van der Waals surface area contributed by atoms with Crippen molar-refractivity contribution in [2.75, 3.05) is 40.5 Å². The topological polar surface area (TPSA) is 94.2 Å². The number of rotatable bonds is 6. The van der Waals surface area contributed by atoms with E-state index in [2.05, 4.69) is 0 Å². The molecule has 1 aromatic carbocycles. The van der Waals surface area contributed by atoms with Gasteiger partial charge in [0.1, 0.15) is 6.10 Å². The summed E-state index contributed by atoms with van der Waals surface area (Å²) in [4.78, 5) is 14.1. The van der Waals surface area contributed by atoms with Crippen LogP contribution in [0.1, 0.15) is 18.0 Å². The molecule has 1 aliphatic heterocycles. The lowest BCUT2D eigenvalue weighted by molar-refractivity contribution is -0.149. The van der Waals surface area contributed by atoms with Gasteiger partial charge in [0.25, 0.3) is 0 Å². The van der Waals surface area contributed by atoms with Crippen LogP contribution in [0.2, 0.25) is 0 Å². The second-order valence-electron chi connectivity index (χ2n) is 5.28. The van der Waals surface area contributed by atoms with Crippen LogP contribution in [0.5, 0.6) is 11.5 Å². The van der Waals surface area contributed by atoms with Crippen LogP contribution in [0, 0.1) is 0 Å². The zero-order valence-corrected chi connectivity index (χ0v) is 13.5. The number of carbonyl (C=O) groups is 1. The SMILES string of the molecule is COc1ccc([C@@H]2[C@@H](CO)OCCN2C(=O)CCN)cc1OC. The molecule has 128 valence electrons. The molecular formula is C16H24N2O5. The Morgan fingerprint density at radius 2 is 2.13 bits per heavy atom. The summed E-state index contributed by atoms with van der Waals surface area (Å²) in [5.41, 5.74) is 6.33. The third-order valence-corrected chi connectivity index (χ3v) is 3.96. The third kappa shape index (κ3) is 3.74. The summed E-state index contributed by atoms with van der Waals surface area (Å²) in [6, 6.07) is 5.06. The normalized spacial score (nSPS) is 21.1. The predicted molar refractivity (Wildman–Crippen MR) is 84.5 cm³/mol. The average molecular weight is 324 g/mol. The van der Waals surface area contributed by atoms with Gasteiger partial charge in [-0.3, -0.25) is 4.79 Å². The number of aliphatic hydroxyl groups is 1. The first-order valence-electron chi connectivity index (χ1n) is 7.60. The minimum absolute atomic E-state index is 0.0472. The monoisotopic (exact) mass is 324 g/mol. The van der Waals surface area contributed by atoms with E-state index in [1.807, 2.05) is 12.1 Å². The van der Waals surface area contributed by atoms with Crippen molar-refractivity contribution in [1.82, 2.24) is 4.90 Å². The molecule has 1 saturated heterocycles. The molecule has 2 atom stereocenters. The lowest BCUT2D eigenvalue weighted by Gasteiger charge is -2.41. The minimum Gasteiger partial charge on any atom is -0.493 e. The standard InChI is InChI=1S/C16H24N2O5/c1-21-12-4-3-11(9-13(12)22-2)16-14(10-19)23-8-7-18(16)15(20)5-6-17/h3-4,9,14,16,19H,5-8,10,17H2,1-2H3/t14-,16-/m1/s1. The number of ether oxygens (including phenoxy) is 3. The van der Waals surface area contributed by atoms with Crippen molar-refractivity contribution >= 4 is 5.91 Å². The lowest BCUT2D eigenvalue weighted by Crippen LogP contribution is -2.49. The van der Waals surface area contributed by atoms with E-state index >= 15 is 0 Å². The number of carbonyl (C=O) groups excluding carboxylic acids is 1. The molecule has 7 nitrogen and oxygen atoms in total. The molecule has 7 heteroatoms. The Morgan fingerprint density at radius 3 is 2.74 bits per heavy atom. The molecule has 1 aliphatic rings. The van der Waals surface area contributed by atoms with Crippen molar-refractivity contribution in [2.45, 2.75) is 18.6 Å². The second kappa shape index (κ2) is 8.14. The maximum atomic E-state index is 12.4. The molecule has 0 aromatic heterocycles. The van der Waals surface area contributed by atoms with Crippen LogP contribution in [0.15, 0.2) is 18.2 Å². The molecule has 0 spiro atoms. The van der Waals surface area contributed by atoms with Gasteiger partial charge in [-0.2, -0.15) is 0 Å². The van der Waals surface area contributed by atoms with Crippen LogP contribution in [0.25, 0.3) is 0 Å². The van der Waals surface area contributed by atoms with Gasteiger partial charge in [0, 0.05) is 19.5 Å². The van der Waals surface area contributed by atoms with Crippen LogP contribution < -0.4 is 15.2 Å². The molecular weight excluding hydrogens is 300 g/mol. The van der Waals surface area contributed by atoms with Gasteiger partial charge in [0.2, 0.25) is 5.91 Å². The van der Waals surface area contributed by atoms with Crippen molar-refractivity contribution in [2.24, 2.45) is 5.73 Å². The van der Waals surface area contributed by atoms with E-state index in [4.69, 9.17) is 19.9 Å². The minimum atomic E-state index is -0.483. The summed E-state index contributed by atoms with van der Waals surface area (Å²) in [6.45, 7) is 0.976.